The minimum Gasteiger partial charge on any atom is -0.384 e. The van der Waals surface area contributed by atoms with Gasteiger partial charge in [0, 0.05) is 46.7 Å². The van der Waals surface area contributed by atoms with Crippen molar-refractivity contribution >= 4 is 29.0 Å². The molecule has 8 heteroatoms. The van der Waals surface area contributed by atoms with Gasteiger partial charge in [0.25, 0.3) is 5.56 Å². The maximum atomic E-state index is 11.2. The van der Waals surface area contributed by atoms with Crippen LogP contribution in [0.25, 0.3) is 22.5 Å². The second-order valence-electron chi connectivity index (χ2n) is 8.43. The van der Waals surface area contributed by atoms with Crippen LogP contribution in [-0.4, -0.2) is 28.2 Å². The minimum absolute atomic E-state index is 0.193. The lowest BCUT2D eigenvalue weighted by molar-refractivity contribution is 0.375. The van der Waals surface area contributed by atoms with Crippen molar-refractivity contribution in [3.05, 3.63) is 86.5 Å². The SMILES string of the molecule is O=c1cc(CCCCN2CCCc3nc(-c4ccc(Cl)cc4)c(-c4ccc(Cl)cc4)nc32)o[nH]1. The van der Waals surface area contributed by atoms with Crippen LogP contribution in [-0.2, 0) is 12.8 Å². The molecule has 6 nitrogen and oxygen atoms in total. The minimum atomic E-state index is -0.193. The number of H-pyrrole nitrogens is 1. The van der Waals surface area contributed by atoms with Crippen LogP contribution in [0.1, 0.15) is 30.7 Å². The van der Waals surface area contributed by atoms with E-state index in [1.807, 2.05) is 48.5 Å². The van der Waals surface area contributed by atoms with Gasteiger partial charge < -0.3 is 9.42 Å². The molecule has 2 aromatic heterocycles. The van der Waals surface area contributed by atoms with E-state index in [2.05, 4.69) is 10.1 Å². The van der Waals surface area contributed by atoms with Crippen molar-refractivity contribution in [2.75, 3.05) is 18.0 Å². The van der Waals surface area contributed by atoms with Crippen molar-refractivity contribution in [1.29, 1.82) is 0 Å². The normalized spacial score (nSPS) is 13.2. The number of anilines is 1. The van der Waals surface area contributed by atoms with E-state index in [4.69, 9.17) is 37.7 Å². The number of rotatable bonds is 7. The summed E-state index contributed by atoms with van der Waals surface area (Å²) in [6.45, 7) is 1.82. The molecule has 0 spiro atoms. The van der Waals surface area contributed by atoms with E-state index in [-0.39, 0.29) is 5.56 Å². The van der Waals surface area contributed by atoms with Gasteiger partial charge in [0.05, 0.1) is 17.1 Å². The fraction of sp³-hybridized carbons (Fsp3) is 0.269. The Morgan fingerprint density at radius 3 is 2.18 bits per heavy atom. The Hall–Kier alpha value is -3.09. The van der Waals surface area contributed by atoms with E-state index in [0.717, 1.165) is 79.2 Å². The van der Waals surface area contributed by atoms with Gasteiger partial charge in [-0.25, -0.2) is 9.97 Å². The summed E-state index contributed by atoms with van der Waals surface area (Å²) in [6, 6.07) is 17.0. The highest BCUT2D eigenvalue weighted by molar-refractivity contribution is 6.31. The molecular weight excluding hydrogens is 471 g/mol. The molecule has 5 rings (SSSR count). The molecule has 1 aliphatic heterocycles. The topological polar surface area (TPSA) is 75.0 Å². The number of nitrogens with zero attached hydrogens (tertiary/aromatic N) is 3. The number of fused-ring (bicyclic) bond motifs is 1. The molecule has 0 amide bonds. The fourth-order valence-corrected chi connectivity index (χ4v) is 4.56. The van der Waals surface area contributed by atoms with E-state index in [1.165, 1.54) is 6.07 Å². The molecule has 0 saturated heterocycles. The van der Waals surface area contributed by atoms with Gasteiger partial charge in [0.1, 0.15) is 5.76 Å². The molecule has 4 aromatic rings. The molecular formula is C26H24Cl2N4O2. The van der Waals surface area contributed by atoms with Gasteiger partial charge in [-0.3, -0.25) is 4.79 Å². The highest BCUT2D eigenvalue weighted by atomic mass is 35.5. The number of unbranched alkanes of at least 4 members (excludes halogenated alkanes) is 1. The van der Waals surface area contributed by atoms with Gasteiger partial charge in [-0.05, 0) is 49.9 Å². The third-order valence-corrected chi connectivity index (χ3v) is 6.50. The maximum Gasteiger partial charge on any atom is 0.280 e. The zero-order valence-corrected chi connectivity index (χ0v) is 20.1. The molecule has 0 atom stereocenters. The fourth-order valence-electron chi connectivity index (χ4n) is 4.31. The van der Waals surface area contributed by atoms with Crippen molar-refractivity contribution in [2.45, 2.75) is 32.1 Å². The smallest absolute Gasteiger partial charge is 0.280 e. The highest BCUT2D eigenvalue weighted by Crippen LogP contribution is 2.35. The van der Waals surface area contributed by atoms with Gasteiger partial charge in [0.15, 0.2) is 5.82 Å². The van der Waals surface area contributed by atoms with Crippen LogP contribution < -0.4 is 10.5 Å². The molecule has 3 heterocycles. The molecule has 2 aromatic carbocycles. The summed E-state index contributed by atoms with van der Waals surface area (Å²) in [5.41, 5.74) is 4.46. The average Bonchev–Trinajstić information content (AvgIpc) is 3.27. The Kier molecular flexibility index (Phi) is 6.70. The summed E-state index contributed by atoms with van der Waals surface area (Å²) in [7, 11) is 0. The first-order valence-electron chi connectivity index (χ1n) is 11.4. The summed E-state index contributed by atoms with van der Waals surface area (Å²) in [5, 5.41) is 3.71. The van der Waals surface area contributed by atoms with Crippen molar-refractivity contribution in [3.63, 3.8) is 0 Å². The van der Waals surface area contributed by atoms with Crippen LogP contribution in [0.2, 0.25) is 10.0 Å². The van der Waals surface area contributed by atoms with E-state index < -0.39 is 0 Å². The lowest BCUT2D eigenvalue weighted by atomic mass is 10.0. The Morgan fingerprint density at radius 1 is 0.912 bits per heavy atom. The number of halogens is 2. The third-order valence-electron chi connectivity index (χ3n) is 6.00. The summed E-state index contributed by atoms with van der Waals surface area (Å²) in [6.07, 6.45) is 4.55. The second kappa shape index (κ2) is 10.0. The second-order valence-corrected chi connectivity index (χ2v) is 9.30. The molecule has 0 bridgehead atoms. The van der Waals surface area contributed by atoms with Gasteiger partial charge in [-0.15, -0.1) is 0 Å². The lowest BCUT2D eigenvalue weighted by Crippen LogP contribution is -2.32. The largest absolute Gasteiger partial charge is 0.384 e. The molecule has 0 saturated carbocycles. The molecule has 174 valence electrons. The zero-order valence-electron chi connectivity index (χ0n) is 18.6. The molecule has 1 N–H and O–H groups in total. The zero-order chi connectivity index (χ0) is 23.5. The predicted octanol–water partition coefficient (Wildman–Crippen LogP) is 6.17. The number of hydrogen-bond acceptors (Lipinski definition) is 5. The summed E-state index contributed by atoms with van der Waals surface area (Å²) in [5.74, 6) is 1.64. The lowest BCUT2D eigenvalue weighted by Gasteiger charge is -2.30. The summed E-state index contributed by atoms with van der Waals surface area (Å²) in [4.78, 5) is 23.8. The van der Waals surface area contributed by atoms with Gasteiger partial charge in [-0.1, -0.05) is 47.5 Å². The van der Waals surface area contributed by atoms with Crippen LogP contribution in [0.4, 0.5) is 5.82 Å². The molecule has 0 fully saturated rings. The van der Waals surface area contributed by atoms with Gasteiger partial charge in [-0.2, -0.15) is 5.16 Å². The van der Waals surface area contributed by atoms with Crippen molar-refractivity contribution in [3.8, 4) is 22.5 Å². The highest BCUT2D eigenvalue weighted by Gasteiger charge is 2.23. The molecule has 1 aliphatic rings. The standard InChI is InChI=1S/C26H24Cl2N4O2/c27-19-10-6-17(7-11-19)24-25(18-8-12-20(28)13-9-18)30-26-22(29-24)5-3-15-32(26)14-2-1-4-21-16-23(33)31-34-21/h6-13,16H,1-5,14-15H2,(H,31,33). The Bertz CT molecular complexity index is 1330. The number of aromatic nitrogens is 3. The maximum absolute atomic E-state index is 11.2. The molecule has 0 aliphatic carbocycles. The van der Waals surface area contributed by atoms with E-state index in [1.54, 1.807) is 0 Å². The first-order chi connectivity index (χ1) is 16.6. The summed E-state index contributed by atoms with van der Waals surface area (Å²) < 4.78 is 5.16. The predicted molar refractivity (Wildman–Crippen MR) is 136 cm³/mol. The number of nitrogens with one attached hydrogen (secondary N) is 1. The van der Waals surface area contributed by atoms with E-state index >= 15 is 0 Å². The Balaban J connectivity index is 1.44. The average molecular weight is 495 g/mol. The van der Waals surface area contributed by atoms with Crippen molar-refractivity contribution in [2.24, 2.45) is 0 Å². The van der Waals surface area contributed by atoms with Gasteiger partial charge >= 0.3 is 0 Å². The number of benzene rings is 2. The molecule has 0 radical (unpaired) electrons. The number of aromatic amines is 1. The van der Waals surface area contributed by atoms with Crippen LogP contribution in [0.15, 0.2) is 63.9 Å². The van der Waals surface area contributed by atoms with E-state index in [9.17, 15) is 4.79 Å². The summed E-state index contributed by atoms with van der Waals surface area (Å²) >= 11 is 12.3. The first-order valence-corrected chi connectivity index (χ1v) is 12.2. The first kappa shape index (κ1) is 22.7. The number of aryl methyl sites for hydroxylation is 2. The monoisotopic (exact) mass is 494 g/mol. The van der Waals surface area contributed by atoms with Crippen molar-refractivity contribution in [1.82, 2.24) is 15.1 Å². The van der Waals surface area contributed by atoms with Crippen LogP contribution in [0.5, 0.6) is 0 Å². The molecule has 0 unspecified atom stereocenters. The van der Waals surface area contributed by atoms with Crippen LogP contribution >= 0.6 is 23.2 Å². The molecule has 34 heavy (non-hydrogen) atoms. The van der Waals surface area contributed by atoms with E-state index in [0.29, 0.717) is 15.8 Å². The van der Waals surface area contributed by atoms with Crippen LogP contribution in [0.3, 0.4) is 0 Å². The van der Waals surface area contributed by atoms with Crippen molar-refractivity contribution < 1.29 is 4.52 Å². The Morgan fingerprint density at radius 2 is 1.56 bits per heavy atom. The number of hydrogen-bond donors (Lipinski definition) is 1. The van der Waals surface area contributed by atoms with Crippen LogP contribution in [0, 0.1) is 0 Å². The Labute approximate surface area is 207 Å². The van der Waals surface area contributed by atoms with Gasteiger partial charge in [0.2, 0.25) is 0 Å². The quantitative estimate of drug-likeness (QED) is 0.310. The third kappa shape index (κ3) is 5.03.